The van der Waals surface area contributed by atoms with Crippen molar-refractivity contribution in [3.63, 3.8) is 0 Å². The molecule has 7 nitrogen and oxygen atoms in total. The maximum atomic E-state index is 12.2. The van der Waals surface area contributed by atoms with Crippen molar-refractivity contribution in [1.29, 1.82) is 0 Å². The molecule has 2 fully saturated rings. The number of carbonyl (C=O) groups is 2. The first-order valence-electron chi connectivity index (χ1n) is 7.18. The van der Waals surface area contributed by atoms with Gasteiger partial charge in [0.15, 0.2) is 5.54 Å². The van der Waals surface area contributed by atoms with Crippen LogP contribution in [0.1, 0.15) is 19.8 Å². The van der Waals surface area contributed by atoms with Gasteiger partial charge in [-0.05, 0) is 13.0 Å². The molecule has 0 aromatic rings. The van der Waals surface area contributed by atoms with E-state index >= 15 is 0 Å². The van der Waals surface area contributed by atoms with Crippen molar-refractivity contribution >= 4 is 12.0 Å². The lowest BCUT2D eigenvalue weighted by Crippen LogP contribution is -2.60. The van der Waals surface area contributed by atoms with Crippen molar-refractivity contribution in [2.24, 2.45) is 0 Å². The number of hydrogen-bond donors (Lipinski definition) is 2. The van der Waals surface area contributed by atoms with Crippen LogP contribution in [0.5, 0.6) is 0 Å². The molecule has 7 heteroatoms. The Morgan fingerprint density at radius 1 is 1.30 bits per heavy atom. The standard InChI is InChI=1S/C13H23N3O4/c1-2-4-15-5-7-16(8-6-15)12(19)14-13(11(17)18)3-9-20-10-13/h2-10H2,1H3,(H,14,19)(H,17,18). The number of nitrogens with zero attached hydrogens (tertiary/aromatic N) is 2. The highest BCUT2D eigenvalue weighted by atomic mass is 16.5. The number of ether oxygens (including phenoxy) is 1. The average molecular weight is 285 g/mol. The molecule has 20 heavy (non-hydrogen) atoms. The number of rotatable bonds is 4. The molecule has 2 rings (SSSR count). The van der Waals surface area contributed by atoms with Crippen LogP contribution in [0.4, 0.5) is 4.79 Å². The van der Waals surface area contributed by atoms with Crippen LogP contribution in [0, 0.1) is 0 Å². The fraction of sp³-hybridized carbons (Fsp3) is 0.846. The molecule has 0 radical (unpaired) electrons. The van der Waals surface area contributed by atoms with Crippen LogP contribution >= 0.6 is 0 Å². The Morgan fingerprint density at radius 3 is 2.50 bits per heavy atom. The smallest absolute Gasteiger partial charge is 0.332 e. The Kier molecular flexibility index (Phi) is 4.82. The lowest BCUT2D eigenvalue weighted by atomic mass is 9.99. The summed E-state index contributed by atoms with van der Waals surface area (Å²) in [5.41, 5.74) is -1.25. The molecule has 0 bridgehead atoms. The molecular formula is C13H23N3O4. The van der Waals surface area contributed by atoms with Gasteiger partial charge in [-0.25, -0.2) is 9.59 Å². The molecule has 2 amide bonds. The summed E-state index contributed by atoms with van der Waals surface area (Å²) in [6, 6.07) is -0.297. The molecule has 1 unspecified atom stereocenters. The average Bonchev–Trinajstić information content (AvgIpc) is 2.90. The number of carboxylic acids is 1. The predicted molar refractivity (Wildman–Crippen MR) is 72.6 cm³/mol. The summed E-state index contributed by atoms with van der Waals surface area (Å²) in [6.45, 7) is 6.57. The number of aliphatic carboxylic acids is 1. The van der Waals surface area contributed by atoms with Crippen LogP contribution < -0.4 is 5.32 Å². The van der Waals surface area contributed by atoms with E-state index in [1.165, 1.54) is 0 Å². The Morgan fingerprint density at radius 2 is 2.00 bits per heavy atom. The number of nitrogens with one attached hydrogen (secondary N) is 1. The van der Waals surface area contributed by atoms with Crippen LogP contribution in [-0.2, 0) is 9.53 Å². The highest BCUT2D eigenvalue weighted by Gasteiger charge is 2.44. The third-order valence-corrected chi connectivity index (χ3v) is 3.98. The first-order valence-corrected chi connectivity index (χ1v) is 7.18. The monoisotopic (exact) mass is 285 g/mol. The minimum Gasteiger partial charge on any atom is -0.479 e. The molecule has 114 valence electrons. The van der Waals surface area contributed by atoms with Crippen LogP contribution in [0.2, 0.25) is 0 Å². The van der Waals surface area contributed by atoms with E-state index in [0.717, 1.165) is 26.1 Å². The van der Waals surface area contributed by atoms with Crippen LogP contribution in [0.3, 0.4) is 0 Å². The van der Waals surface area contributed by atoms with E-state index in [9.17, 15) is 14.7 Å². The van der Waals surface area contributed by atoms with Gasteiger partial charge in [-0.15, -0.1) is 0 Å². The number of piperazine rings is 1. The summed E-state index contributed by atoms with van der Waals surface area (Å²) in [5, 5.41) is 12.0. The quantitative estimate of drug-likeness (QED) is 0.758. The van der Waals surface area contributed by atoms with E-state index in [1.54, 1.807) is 4.90 Å². The van der Waals surface area contributed by atoms with E-state index < -0.39 is 11.5 Å². The molecule has 2 heterocycles. The van der Waals surface area contributed by atoms with Gasteiger partial charge in [-0.1, -0.05) is 6.92 Å². The Balaban J connectivity index is 1.87. The van der Waals surface area contributed by atoms with Gasteiger partial charge in [0.05, 0.1) is 6.61 Å². The van der Waals surface area contributed by atoms with Gasteiger partial charge in [0.2, 0.25) is 0 Å². The molecule has 2 aliphatic heterocycles. The fourth-order valence-electron chi connectivity index (χ4n) is 2.66. The summed E-state index contributed by atoms with van der Waals surface area (Å²) >= 11 is 0. The van der Waals surface area contributed by atoms with Crippen molar-refractivity contribution in [1.82, 2.24) is 15.1 Å². The summed E-state index contributed by atoms with van der Waals surface area (Å²) in [6.07, 6.45) is 1.43. The lowest BCUT2D eigenvalue weighted by molar-refractivity contribution is -0.144. The molecule has 0 saturated carbocycles. The SMILES string of the molecule is CCCN1CCN(C(=O)NC2(C(=O)O)CCOC2)CC1. The number of carboxylic acid groups (broad SMARTS) is 1. The second kappa shape index (κ2) is 6.41. The first kappa shape index (κ1) is 15.1. The molecular weight excluding hydrogens is 262 g/mol. The topological polar surface area (TPSA) is 82.1 Å². The molecule has 2 saturated heterocycles. The summed E-state index contributed by atoms with van der Waals surface area (Å²) in [4.78, 5) is 27.6. The van der Waals surface area contributed by atoms with Gasteiger partial charge in [0.1, 0.15) is 0 Å². The third kappa shape index (κ3) is 3.21. The van der Waals surface area contributed by atoms with Crippen molar-refractivity contribution in [3.05, 3.63) is 0 Å². The van der Waals surface area contributed by atoms with E-state index in [0.29, 0.717) is 26.1 Å². The zero-order chi connectivity index (χ0) is 14.6. The van der Waals surface area contributed by atoms with E-state index in [1.807, 2.05) is 0 Å². The van der Waals surface area contributed by atoms with Crippen LogP contribution in [-0.4, -0.2) is 78.4 Å². The van der Waals surface area contributed by atoms with Crippen molar-refractivity contribution < 1.29 is 19.4 Å². The molecule has 2 aliphatic rings. The normalized spacial score (nSPS) is 27.6. The van der Waals surface area contributed by atoms with Crippen molar-refractivity contribution in [3.8, 4) is 0 Å². The zero-order valence-corrected chi connectivity index (χ0v) is 11.9. The Hall–Kier alpha value is -1.34. The second-order valence-corrected chi connectivity index (χ2v) is 5.45. The highest BCUT2D eigenvalue weighted by Crippen LogP contribution is 2.19. The van der Waals surface area contributed by atoms with Gasteiger partial charge in [0.25, 0.3) is 0 Å². The van der Waals surface area contributed by atoms with Crippen molar-refractivity contribution in [2.45, 2.75) is 25.3 Å². The minimum atomic E-state index is -1.25. The van der Waals surface area contributed by atoms with Gasteiger partial charge in [-0.3, -0.25) is 4.90 Å². The Labute approximate surface area is 118 Å². The number of carbonyl (C=O) groups excluding carboxylic acids is 1. The Bertz CT molecular complexity index is 361. The highest BCUT2D eigenvalue weighted by molar-refractivity contribution is 5.86. The van der Waals surface area contributed by atoms with Gasteiger partial charge < -0.3 is 20.1 Å². The second-order valence-electron chi connectivity index (χ2n) is 5.45. The van der Waals surface area contributed by atoms with E-state index in [2.05, 4.69) is 17.1 Å². The van der Waals surface area contributed by atoms with E-state index in [4.69, 9.17) is 4.74 Å². The van der Waals surface area contributed by atoms with Gasteiger partial charge in [-0.2, -0.15) is 0 Å². The number of amides is 2. The number of hydrogen-bond acceptors (Lipinski definition) is 4. The summed E-state index contributed by atoms with van der Waals surface area (Å²) in [5.74, 6) is -1.02. The van der Waals surface area contributed by atoms with Crippen LogP contribution in [0.25, 0.3) is 0 Å². The van der Waals surface area contributed by atoms with Gasteiger partial charge >= 0.3 is 12.0 Å². The molecule has 0 spiro atoms. The molecule has 0 aromatic heterocycles. The molecule has 0 aromatic carbocycles. The largest absolute Gasteiger partial charge is 0.479 e. The lowest BCUT2D eigenvalue weighted by Gasteiger charge is -2.36. The summed E-state index contributed by atoms with van der Waals surface area (Å²) < 4.78 is 5.14. The first-order chi connectivity index (χ1) is 9.57. The predicted octanol–water partition coefficient (Wildman–Crippen LogP) is -0.0327. The zero-order valence-electron chi connectivity index (χ0n) is 11.9. The summed E-state index contributed by atoms with van der Waals surface area (Å²) in [7, 11) is 0. The molecule has 0 aliphatic carbocycles. The van der Waals surface area contributed by atoms with E-state index in [-0.39, 0.29) is 12.6 Å². The third-order valence-electron chi connectivity index (χ3n) is 3.98. The minimum absolute atomic E-state index is 0.0455. The molecule has 2 N–H and O–H groups in total. The molecule has 1 atom stereocenters. The number of urea groups is 1. The van der Waals surface area contributed by atoms with Gasteiger partial charge in [0, 0.05) is 39.2 Å². The van der Waals surface area contributed by atoms with Crippen LogP contribution in [0.15, 0.2) is 0 Å². The van der Waals surface area contributed by atoms with Crippen molar-refractivity contribution in [2.75, 3.05) is 45.9 Å². The maximum Gasteiger partial charge on any atom is 0.332 e. The fourth-order valence-corrected chi connectivity index (χ4v) is 2.66. The maximum absolute atomic E-state index is 12.2.